The van der Waals surface area contributed by atoms with E-state index in [-0.39, 0.29) is 12.3 Å². The number of rotatable bonds is 5. The quantitative estimate of drug-likeness (QED) is 0.885. The number of aryl methyl sites for hydroxylation is 2. The molecule has 2 rings (SSSR count). The highest BCUT2D eigenvalue weighted by Crippen LogP contribution is 2.18. The number of carboxylic acid groups (broad SMARTS) is 1. The van der Waals surface area contributed by atoms with Crippen molar-refractivity contribution >= 4 is 17.6 Å². The van der Waals surface area contributed by atoms with E-state index in [1.54, 1.807) is 12.1 Å². The predicted molar refractivity (Wildman–Crippen MR) is 81.5 cm³/mol. The second kappa shape index (κ2) is 6.70. The van der Waals surface area contributed by atoms with E-state index in [0.717, 1.165) is 11.1 Å². The summed E-state index contributed by atoms with van der Waals surface area (Å²) >= 11 is 0. The Morgan fingerprint density at radius 1 is 1.10 bits per heavy atom. The zero-order valence-corrected chi connectivity index (χ0v) is 11.8. The molecule has 0 unspecified atom stereocenters. The molecule has 2 aromatic carbocycles. The van der Waals surface area contributed by atoms with Crippen molar-refractivity contribution < 1.29 is 14.7 Å². The maximum Gasteiger partial charge on any atom is 0.303 e. The van der Waals surface area contributed by atoms with Gasteiger partial charge in [0, 0.05) is 17.7 Å². The van der Waals surface area contributed by atoms with Crippen molar-refractivity contribution in [1.82, 2.24) is 0 Å². The van der Waals surface area contributed by atoms with E-state index in [9.17, 15) is 9.59 Å². The van der Waals surface area contributed by atoms with Gasteiger partial charge in [0.15, 0.2) is 0 Å². The van der Waals surface area contributed by atoms with E-state index in [1.165, 1.54) is 0 Å². The van der Waals surface area contributed by atoms with Crippen molar-refractivity contribution in [3.8, 4) is 0 Å². The summed E-state index contributed by atoms with van der Waals surface area (Å²) in [5.41, 5.74) is 3.08. The molecule has 2 aromatic rings. The molecule has 4 heteroatoms. The minimum absolute atomic E-state index is 0.0390. The van der Waals surface area contributed by atoms with Gasteiger partial charge in [0.05, 0.1) is 0 Å². The number of hydrogen-bond donors (Lipinski definition) is 2. The number of nitrogens with one attached hydrogen (secondary N) is 1. The number of amides is 1. The van der Waals surface area contributed by atoms with Crippen molar-refractivity contribution in [2.45, 2.75) is 19.8 Å². The Morgan fingerprint density at radius 3 is 2.57 bits per heavy atom. The van der Waals surface area contributed by atoms with Crippen LogP contribution in [0.25, 0.3) is 0 Å². The molecule has 0 aromatic heterocycles. The van der Waals surface area contributed by atoms with Gasteiger partial charge in [0.25, 0.3) is 5.91 Å². The van der Waals surface area contributed by atoms with E-state index < -0.39 is 5.97 Å². The molecule has 2 N–H and O–H groups in total. The fourth-order valence-corrected chi connectivity index (χ4v) is 2.08. The van der Waals surface area contributed by atoms with Gasteiger partial charge in [-0.25, -0.2) is 0 Å². The summed E-state index contributed by atoms with van der Waals surface area (Å²) in [6, 6.07) is 14.6. The van der Waals surface area contributed by atoms with Crippen LogP contribution in [0.5, 0.6) is 0 Å². The average molecular weight is 283 g/mol. The third-order valence-corrected chi connectivity index (χ3v) is 3.15. The van der Waals surface area contributed by atoms with Crippen molar-refractivity contribution in [1.29, 1.82) is 0 Å². The maximum absolute atomic E-state index is 12.2. The molecule has 0 radical (unpaired) electrons. The number of benzene rings is 2. The lowest BCUT2D eigenvalue weighted by Gasteiger charge is -2.10. The van der Waals surface area contributed by atoms with Crippen LogP contribution in [-0.2, 0) is 11.2 Å². The Balaban J connectivity index is 2.15. The summed E-state index contributed by atoms with van der Waals surface area (Å²) in [6.07, 6.45) is 0.428. The Kier molecular flexibility index (Phi) is 4.72. The van der Waals surface area contributed by atoms with Crippen LogP contribution in [0.3, 0.4) is 0 Å². The number of carbonyl (C=O) groups is 2. The van der Waals surface area contributed by atoms with Crippen LogP contribution < -0.4 is 5.32 Å². The van der Waals surface area contributed by atoms with Crippen molar-refractivity contribution in [2.75, 3.05) is 5.32 Å². The van der Waals surface area contributed by atoms with Crippen molar-refractivity contribution in [3.05, 3.63) is 65.2 Å². The molecular weight excluding hydrogens is 266 g/mol. The van der Waals surface area contributed by atoms with Gasteiger partial charge in [-0.3, -0.25) is 9.59 Å². The standard InChI is InChI=1S/C17H17NO3/c1-12-5-4-7-14(11-12)17(21)18-15-8-3-2-6-13(15)9-10-16(19)20/h2-8,11H,9-10H2,1H3,(H,18,21)(H,19,20). The molecule has 0 saturated heterocycles. The van der Waals surface area contributed by atoms with Gasteiger partial charge in [-0.2, -0.15) is 0 Å². The first kappa shape index (κ1) is 14.8. The van der Waals surface area contributed by atoms with Gasteiger partial charge in [-0.1, -0.05) is 35.9 Å². The fourth-order valence-electron chi connectivity index (χ4n) is 2.08. The molecule has 0 aliphatic heterocycles. The fraction of sp³-hybridized carbons (Fsp3) is 0.176. The number of hydrogen-bond acceptors (Lipinski definition) is 2. The molecule has 0 heterocycles. The van der Waals surface area contributed by atoms with Crippen LogP contribution in [-0.4, -0.2) is 17.0 Å². The average Bonchev–Trinajstić information content (AvgIpc) is 2.46. The van der Waals surface area contributed by atoms with E-state index >= 15 is 0 Å². The third kappa shape index (κ3) is 4.18. The lowest BCUT2D eigenvalue weighted by atomic mass is 10.1. The molecule has 0 spiro atoms. The third-order valence-electron chi connectivity index (χ3n) is 3.15. The van der Waals surface area contributed by atoms with Gasteiger partial charge in [0.2, 0.25) is 0 Å². The van der Waals surface area contributed by atoms with Crippen molar-refractivity contribution in [2.24, 2.45) is 0 Å². The molecule has 0 saturated carbocycles. The van der Waals surface area contributed by atoms with Crippen LogP contribution in [0.15, 0.2) is 48.5 Å². The summed E-state index contributed by atoms with van der Waals surface area (Å²) in [6.45, 7) is 1.93. The zero-order valence-electron chi connectivity index (χ0n) is 11.8. The van der Waals surface area contributed by atoms with Crippen LogP contribution in [0, 0.1) is 6.92 Å². The molecule has 1 amide bonds. The molecule has 0 aliphatic carbocycles. The first-order valence-electron chi connectivity index (χ1n) is 6.74. The monoisotopic (exact) mass is 283 g/mol. The van der Waals surface area contributed by atoms with Gasteiger partial charge in [-0.15, -0.1) is 0 Å². The second-order valence-corrected chi connectivity index (χ2v) is 4.87. The highest BCUT2D eigenvalue weighted by Gasteiger charge is 2.10. The molecule has 108 valence electrons. The summed E-state index contributed by atoms with van der Waals surface area (Å²) in [5, 5.41) is 11.6. The Hall–Kier alpha value is -2.62. The van der Waals surface area contributed by atoms with Crippen LogP contribution in [0.2, 0.25) is 0 Å². The zero-order chi connectivity index (χ0) is 15.2. The SMILES string of the molecule is Cc1cccc(C(=O)Nc2ccccc2CCC(=O)O)c1. The van der Waals surface area contributed by atoms with Crippen molar-refractivity contribution in [3.63, 3.8) is 0 Å². The van der Waals surface area contributed by atoms with Gasteiger partial charge in [-0.05, 0) is 37.1 Å². The normalized spacial score (nSPS) is 10.1. The molecule has 0 atom stereocenters. The van der Waals surface area contributed by atoms with E-state index in [4.69, 9.17) is 5.11 Å². The Bertz CT molecular complexity index is 665. The molecular formula is C17H17NO3. The largest absolute Gasteiger partial charge is 0.481 e. The van der Waals surface area contributed by atoms with Crippen LogP contribution >= 0.6 is 0 Å². The minimum Gasteiger partial charge on any atom is -0.481 e. The topological polar surface area (TPSA) is 66.4 Å². The molecule has 4 nitrogen and oxygen atoms in total. The van der Waals surface area contributed by atoms with Crippen LogP contribution in [0.1, 0.15) is 27.9 Å². The van der Waals surface area contributed by atoms with E-state index in [0.29, 0.717) is 17.7 Å². The first-order chi connectivity index (χ1) is 10.1. The molecule has 21 heavy (non-hydrogen) atoms. The smallest absolute Gasteiger partial charge is 0.303 e. The number of aliphatic carboxylic acids is 1. The van der Waals surface area contributed by atoms with Gasteiger partial charge < -0.3 is 10.4 Å². The minimum atomic E-state index is -0.852. The number of carbonyl (C=O) groups excluding carboxylic acids is 1. The van der Waals surface area contributed by atoms with Gasteiger partial charge in [0.1, 0.15) is 0 Å². The summed E-state index contributed by atoms with van der Waals surface area (Å²) < 4.78 is 0. The maximum atomic E-state index is 12.2. The lowest BCUT2D eigenvalue weighted by Crippen LogP contribution is -2.13. The summed E-state index contributed by atoms with van der Waals surface area (Å²) in [5.74, 6) is -1.05. The predicted octanol–water partition coefficient (Wildman–Crippen LogP) is 3.26. The van der Waals surface area contributed by atoms with E-state index in [1.807, 2.05) is 43.3 Å². The summed E-state index contributed by atoms with van der Waals surface area (Å²) in [4.78, 5) is 22.9. The summed E-state index contributed by atoms with van der Waals surface area (Å²) in [7, 11) is 0. The molecule has 0 fully saturated rings. The molecule has 0 bridgehead atoms. The number of anilines is 1. The lowest BCUT2D eigenvalue weighted by molar-refractivity contribution is -0.136. The number of para-hydroxylation sites is 1. The van der Waals surface area contributed by atoms with E-state index in [2.05, 4.69) is 5.32 Å². The Morgan fingerprint density at radius 2 is 1.86 bits per heavy atom. The highest BCUT2D eigenvalue weighted by atomic mass is 16.4. The highest BCUT2D eigenvalue weighted by molar-refractivity contribution is 6.04. The first-order valence-corrected chi connectivity index (χ1v) is 6.74. The second-order valence-electron chi connectivity index (χ2n) is 4.87. The van der Waals surface area contributed by atoms with Crippen LogP contribution in [0.4, 0.5) is 5.69 Å². The molecule has 0 aliphatic rings. The Labute approximate surface area is 123 Å². The van der Waals surface area contributed by atoms with Gasteiger partial charge >= 0.3 is 5.97 Å². The number of carboxylic acids is 1.